The Kier molecular flexibility index (Phi) is 6.51. The summed E-state index contributed by atoms with van der Waals surface area (Å²) in [5.74, 6) is -0.404. The first-order valence-electron chi connectivity index (χ1n) is 8.05. The van der Waals surface area contributed by atoms with Crippen LogP contribution in [-0.2, 0) is 9.59 Å². The van der Waals surface area contributed by atoms with E-state index < -0.39 is 17.2 Å². The average molecular weight is 395 g/mol. The fraction of sp³-hybridized carbons (Fsp3) is 0.263. The van der Waals surface area contributed by atoms with Gasteiger partial charge < -0.3 is 15.4 Å². The third-order valence-corrected chi connectivity index (χ3v) is 4.13. The molecule has 0 atom stereocenters. The number of benzene rings is 2. The lowest BCUT2D eigenvalue weighted by molar-refractivity contribution is -0.135. The Morgan fingerprint density at radius 3 is 2.19 bits per heavy atom. The Balaban J connectivity index is 2.15. The molecule has 0 saturated carbocycles. The number of carbonyl (C=O) groups is 2. The molecule has 0 aromatic heterocycles. The van der Waals surface area contributed by atoms with Gasteiger partial charge in [0.05, 0.1) is 12.3 Å². The summed E-state index contributed by atoms with van der Waals surface area (Å²) in [7, 11) is 0. The lowest BCUT2D eigenvalue weighted by atomic mass is 9.90. The summed E-state index contributed by atoms with van der Waals surface area (Å²) >= 11 is 11.9. The van der Waals surface area contributed by atoms with Gasteiger partial charge in [0.15, 0.2) is 0 Å². The summed E-state index contributed by atoms with van der Waals surface area (Å²) in [5.41, 5.74) is -0.414. The molecule has 5 nitrogen and oxygen atoms in total. The van der Waals surface area contributed by atoms with Crippen molar-refractivity contribution in [1.29, 1.82) is 0 Å². The number of hydrogen-bond donors (Lipinski definition) is 2. The smallest absolute Gasteiger partial charge is 0.239 e. The van der Waals surface area contributed by atoms with Crippen LogP contribution in [0.3, 0.4) is 0 Å². The highest BCUT2D eigenvalue weighted by Crippen LogP contribution is 2.28. The molecule has 138 valence electrons. The van der Waals surface area contributed by atoms with Crippen molar-refractivity contribution < 1.29 is 14.3 Å². The quantitative estimate of drug-likeness (QED) is 0.677. The number of nitrogens with one attached hydrogen (secondary N) is 2. The predicted octanol–water partition coefficient (Wildman–Crippen LogP) is 5.00. The molecular weight excluding hydrogens is 375 g/mol. The molecule has 0 bridgehead atoms. The van der Waals surface area contributed by atoms with Crippen molar-refractivity contribution in [2.75, 3.05) is 17.2 Å². The number of para-hydroxylation sites is 2. The molecule has 0 spiro atoms. The number of anilines is 2. The highest BCUT2D eigenvalue weighted by molar-refractivity contribution is 6.35. The second-order valence-electron chi connectivity index (χ2n) is 6.12. The molecule has 0 unspecified atom stereocenters. The van der Waals surface area contributed by atoms with Gasteiger partial charge in [-0.2, -0.15) is 0 Å². The first-order chi connectivity index (χ1) is 12.2. The predicted molar refractivity (Wildman–Crippen MR) is 105 cm³/mol. The summed E-state index contributed by atoms with van der Waals surface area (Å²) in [6.45, 7) is 5.39. The van der Waals surface area contributed by atoms with Crippen molar-refractivity contribution in [2.24, 2.45) is 5.41 Å². The first-order valence-corrected chi connectivity index (χ1v) is 8.80. The van der Waals surface area contributed by atoms with Crippen molar-refractivity contribution in [3.8, 4) is 5.75 Å². The van der Waals surface area contributed by atoms with Crippen LogP contribution >= 0.6 is 23.2 Å². The Labute approximate surface area is 162 Å². The van der Waals surface area contributed by atoms with E-state index in [-0.39, 0.29) is 0 Å². The van der Waals surface area contributed by atoms with Crippen molar-refractivity contribution in [3.63, 3.8) is 0 Å². The van der Waals surface area contributed by atoms with Crippen molar-refractivity contribution in [1.82, 2.24) is 0 Å². The first kappa shape index (κ1) is 20.1. The molecule has 2 N–H and O–H groups in total. The molecule has 0 aliphatic carbocycles. The van der Waals surface area contributed by atoms with Crippen LogP contribution in [-0.4, -0.2) is 18.4 Å². The van der Waals surface area contributed by atoms with Crippen LogP contribution in [0.1, 0.15) is 20.8 Å². The molecule has 2 aromatic rings. The van der Waals surface area contributed by atoms with Crippen LogP contribution in [0.4, 0.5) is 11.4 Å². The number of carbonyl (C=O) groups excluding carboxylic acids is 2. The number of halogens is 2. The molecule has 0 fully saturated rings. The molecule has 26 heavy (non-hydrogen) atoms. The highest BCUT2D eigenvalue weighted by atomic mass is 35.5. The maximum absolute atomic E-state index is 12.7. The summed E-state index contributed by atoms with van der Waals surface area (Å²) in [6.07, 6.45) is 0. The molecule has 2 rings (SSSR count). The average Bonchev–Trinajstić information content (AvgIpc) is 2.55. The third kappa shape index (κ3) is 4.90. The third-order valence-electron chi connectivity index (χ3n) is 3.69. The van der Waals surface area contributed by atoms with Gasteiger partial charge in [-0.15, -0.1) is 0 Å². The highest BCUT2D eigenvalue weighted by Gasteiger charge is 2.36. The molecule has 0 aliphatic rings. The van der Waals surface area contributed by atoms with Crippen LogP contribution in [0.2, 0.25) is 10.0 Å². The van der Waals surface area contributed by atoms with E-state index >= 15 is 0 Å². The number of amides is 2. The van der Waals surface area contributed by atoms with E-state index in [9.17, 15) is 9.59 Å². The van der Waals surface area contributed by atoms with Gasteiger partial charge in [0.1, 0.15) is 11.2 Å². The largest absolute Gasteiger partial charge is 0.492 e. The zero-order chi connectivity index (χ0) is 19.3. The van der Waals surface area contributed by atoms with E-state index in [1.165, 1.54) is 13.8 Å². The zero-order valence-electron chi connectivity index (χ0n) is 14.7. The van der Waals surface area contributed by atoms with Crippen molar-refractivity contribution in [2.45, 2.75) is 20.8 Å². The van der Waals surface area contributed by atoms with Gasteiger partial charge in [-0.05, 0) is 51.1 Å². The summed E-state index contributed by atoms with van der Waals surface area (Å²) < 4.78 is 5.49. The number of hydrogen-bond acceptors (Lipinski definition) is 3. The molecular formula is C19H20Cl2N2O3. The number of ether oxygens (including phenoxy) is 1. The van der Waals surface area contributed by atoms with Gasteiger partial charge in [0.2, 0.25) is 11.8 Å². The minimum Gasteiger partial charge on any atom is -0.492 e. The van der Waals surface area contributed by atoms with Crippen LogP contribution in [0.25, 0.3) is 0 Å². The lowest BCUT2D eigenvalue weighted by Crippen LogP contribution is -2.41. The SMILES string of the molecule is CCOc1ccccc1NC(=O)C(C)(C)C(=O)Nc1cc(Cl)cc(Cl)c1. The zero-order valence-corrected chi connectivity index (χ0v) is 16.2. The van der Waals surface area contributed by atoms with Crippen molar-refractivity contribution in [3.05, 3.63) is 52.5 Å². The van der Waals surface area contributed by atoms with E-state index in [1.54, 1.807) is 42.5 Å². The summed E-state index contributed by atoms with van der Waals surface area (Å²) in [6, 6.07) is 11.7. The Morgan fingerprint density at radius 1 is 1.00 bits per heavy atom. The number of rotatable bonds is 6. The van der Waals surface area contributed by atoms with Crippen LogP contribution in [0.5, 0.6) is 5.75 Å². The Bertz CT molecular complexity index is 802. The fourth-order valence-corrected chi connectivity index (χ4v) is 2.67. The minimum absolute atomic E-state index is 0.390. The molecule has 0 aliphatic heterocycles. The minimum atomic E-state index is -1.34. The lowest BCUT2D eigenvalue weighted by Gasteiger charge is -2.23. The molecule has 0 saturated heterocycles. The van der Waals surface area contributed by atoms with Gasteiger partial charge >= 0.3 is 0 Å². The summed E-state index contributed by atoms with van der Waals surface area (Å²) in [5, 5.41) is 6.20. The van der Waals surface area contributed by atoms with E-state index in [1.807, 2.05) is 6.92 Å². The second kappa shape index (κ2) is 8.43. The molecule has 2 aromatic carbocycles. The molecule has 2 amide bonds. The second-order valence-corrected chi connectivity index (χ2v) is 6.99. The summed E-state index contributed by atoms with van der Waals surface area (Å²) in [4.78, 5) is 25.3. The van der Waals surface area contributed by atoms with Gasteiger partial charge in [0.25, 0.3) is 0 Å². The normalized spacial score (nSPS) is 11.0. The topological polar surface area (TPSA) is 67.4 Å². The molecule has 0 heterocycles. The van der Waals surface area contributed by atoms with E-state index in [4.69, 9.17) is 27.9 Å². The monoisotopic (exact) mass is 394 g/mol. The van der Waals surface area contributed by atoms with Crippen LogP contribution in [0, 0.1) is 5.41 Å². The standard InChI is InChI=1S/C19H20Cl2N2O3/c1-4-26-16-8-6-5-7-15(16)23-18(25)19(2,3)17(24)22-14-10-12(20)9-13(21)11-14/h5-11H,4H2,1-3H3,(H,22,24)(H,23,25). The van der Waals surface area contributed by atoms with Gasteiger partial charge in [0, 0.05) is 15.7 Å². The van der Waals surface area contributed by atoms with Crippen molar-refractivity contribution >= 4 is 46.4 Å². The molecule has 7 heteroatoms. The Hall–Kier alpha value is -2.24. The van der Waals surface area contributed by atoms with E-state index in [0.717, 1.165) is 0 Å². The van der Waals surface area contributed by atoms with Gasteiger partial charge in [-0.1, -0.05) is 35.3 Å². The van der Waals surface area contributed by atoms with E-state index in [0.29, 0.717) is 33.8 Å². The van der Waals surface area contributed by atoms with Crippen LogP contribution < -0.4 is 15.4 Å². The molecule has 0 radical (unpaired) electrons. The van der Waals surface area contributed by atoms with Gasteiger partial charge in [-0.3, -0.25) is 9.59 Å². The van der Waals surface area contributed by atoms with E-state index in [2.05, 4.69) is 10.6 Å². The maximum Gasteiger partial charge on any atom is 0.239 e. The van der Waals surface area contributed by atoms with Crippen LogP contribution in [0.15, 0.2) is 42.5 Å². The fourth-order valence-electron chi connectivity index (χ4n) is 2.15. The van der Waals surface area contributed by atoms with Gasteiger partial charge in [-0.25, -0.2) is 0 Å². The maximum atomic E-state index is 12.7. The Morgan fingerprint density at radius 2 is 1.58 bits per heavy atom.